The SMILES string of the molecule is CCCCCCOc1ccc(-c2c(-c3ccc(OCCCCCC)cc3)c(-c3ccc(Br)cc3)c3c(c2-c2ccc(Br)cc2)-c2cccc4cccc-3c24)cc1. The lowest BCUT2D eigenvalue weighted by Crippen LogP contribution is -2.01. The van der Waals surface area contributed by atoms with Gasteiger partial charge in [-0.3, -0.25) is 0 Å². The highest BCUT2D eigenvalue weighted by atomic mass is 79.9. The Morgan fingerprint density at radius 3 is 1.11 bits per heavy atom. The van der Waals surface area contributed by atoms with E-state index >= 15 is 0 Å². The second-order valence-electron chi connectivity index (χ2n) is 14.8. The van der Waals surface area contributed by atoms with Crippen molar-refractivity contribution in [1.29, 1.82) is 0 Å². The first kappa shape index (κ1) is 38.2. The molecule has 7 aromatic rings. The maximum atomic E-state index is 6.29. The lowest BCUT2D eigenvalue weighted by atomic mass is 9.76. The number of ether oxygens (including phenoxy) is 2. The zero-order chi connectivity index (χ0) is 38.4. The van der Waals surface area contributed by atoms with Gasteiger partial charge in [-0.25, -0.2) is 0 Å². The second kappa shape index (κ2) is 17.7. The summed E-state index contributed by atoms with van der Waals surface area (Å²) < 4.78 is 14.7. The van der Waals surface area contributed by atoms with Crippen LogP contribution in [0.25, 0.3) is 77.5 Å². The maximum absolute atomic E-state index is 6.29. The van der Waals surface area contributed by atoms with Crippen molar-refractivity contribution in [3.63, 3.8) is 0 Å². The first-order valence-corrected chi connectivity index (χ1v) is 21.9. The lowest BCUT2D eigenvalue weighted by molar-refractivity contribution is 0.305. The number of hydrogen-bond acceptors (Lipinski definition) is 2. The summed E-state index contributed by atoms with van der Waals surface area (Å²) in [5.74, 6) is 1.81. The monoisotopic (exact) mass is 862 g/mol. The predicted octanol–water partition coefficient (Wildman–Crippen LogP) is 16.6. The third kappa shape index (κ3) is 7.84. The minimum atomic E-state index is 0.733. The van der Waals surface area contributed by atoms with Crippen LogP contribution in [0.1, 0.15) is 65.2 Å². The van der Waals surface area contributed by atoms with Crippen molar-refractivity contribution < 1.29 is 9.47 Å². The van der Waals surface area contributed by atoms with Crippen LogP contribution in [0.4, 0.5) is 0 Å². The van der Waals surface area contributed by atoms with Crippen molar-refractivity contribution in [2.24, 2.45) is 0 Å². The molecule has 0 aromatic heterocycles. The molecule has 0 spiro atoms. The van der Waals surface area contributed by atoms with E-state index < -0.39 is 0 Å². The molecule has 1 aliphatic carbocycles. The van der Waals surface area contributed by atoms with Gasteiger partial charge in [-0.05, 0) is 139 Å². The van der Waals surface area contributed by atoms with Crippen LogP contribution in [-0.2, 0) is 0 Å². The molecule has 0 amide bonds. The van der Waals surface area contributed by atoms with E-state index in [1.165, 1.54) is 105 Å². The normalized spacial score (nSPS) is 11.6. The van der Waals surface area contributed by atoms with Crippen molar-refractivity contribution in [2.45, 2.75) is 65.2 Å². The fraction of sp³-hybridized carbons (Fsp3) is 0.231. The Kier molecular flexibility index (Phi) is 12.1. The number of rotatable bonds is 16. The lowest BCUT2D eigenvalue weighted by Gasteiger charge is -2.26. The Labute approximate surface area is 349 Å². The van der Waals surface area contributed by atoms with Gasteiger partial charge >= 0.3 is 0 Å². The van der Waals surface area contributed by atoms with Crippen LogP contribution in [0.2, 0.25) is 0 Å². The summed E-state index contributed by atoms with van der Waals surface area (Å²) in [5, 5.41) is 2.56. The van der Waals surface area contributed by atoms with E-state index in [1.54, 1.807) is 0 Å². The summed E-state index contributed by atoms with van der Waals surface area (Å²) in [5.41, 5.74) is 14.6. The van der Waals surface area contributed by atoms with Crippen LogP contribution >= 0.6 is 31.9 Å². The molecule has 0 saturated carbocycles. The van der Waals surface area contributed by atoms with E-state index in [-0.39, 0.29) is 0 Å². The number of hydrogen-bond donors (Lipinski definition) is 0. The molecule has 0 aliphatic heterocycles. The molecule has 0 bridgehead atoms. The highest BCUT2D eigenvalue weighted by Gasteiger charge is 2.33. The second-order valence-corrected chi connectivity index (χ2v) is 16.7. The van der Waals surface area contributed by atoms with Gasteiger partial charge in [0.05, 0.1) is 13.2 Å². The molecular weight excluding hydrogens is 816 g/mol. The van der Waals surface area contributed by atoms with E-state index in [0.29, 0.717) is 0 Å². The third-order valence-electron chi connectivity index (χ3n) is 11.0. The van der Waals surface area contributed by atoms with Gasteiger partial charge in [0.25, 0.3) is 0 Å². The Balaban J connectivity index is 1.41. The first-order valence-electron chi connectivity index (χ1n) is 20.3. The van der Waals surface area contributed by atoms with Gasteiger partial charge < -0.3 is 9.47 Å². The van der Waals surface area contributed by atoms with Gasteiger partial charge in [0.2, 0.25) is 0 Å². The van der Waals surface area contributed by atoms with E-state index in [1.807, 2.05) is 0 Å². The quantitative estimate of drug-likeness (QED) is 0.0901. The molecule has 7 aromatic carbocycles. The maximum Gasteiger partial charge on any atom is 0.119 e. The fourth-order valence-corrected chi connectivity index (χ4v) is 8.84. The number of halogens is 2. The molecule has 1 aliphatic rings. The first-order chi connectivity index (χ1) is 27.6. The summed E-state index contributed by atoms with van der Waals surface area (Å²) in [6, 6.07) is 48.9. The van der Waals surface area contributed by atoms with Crippen LogP contribution < -0.4 is 9.47 Å². The smallest absolute Gasteiger partial charge is 0.119 e. The molecule has 0 unspecified atom stereocenters. The van der Waals surface area contributed by atoms with Gasteiger partial charge in [-0.15, -0.1) is 0 Å². The van der Waals surface area contributed by atoms with Crippen LogP contribution in [-0.4, -0.2) is 13.2 Å². The minimum Gasteiger partial charge on any atom is -0.494 e. The fourth-order valence-electron chi connectivity index (χ4n) is 8.31. The number of fused-ring (bicyclic) bond motifs is 3. The van der Waals surface area contributed by atoms with Crippen molar-refractivity contribution in [3.8, 4) is 78.3 Å². The van der Waals surface area contributed by atoms with Gasteiger partial charge in [0, 0.05) is 8.95 Å². The van der Waals surface area contributed by atoms with Gasteiger partial charge in [0.15, 0.2) is 0 Å². The van der Waals surface area contributed by atoms with Crippen molar-refractivity contribution in [1.82, 2.24) is 0 Å². The molecule has 4 heteroatoms. The Morgan fingerprint density at radius 1 is 0.375 bits per heavy atom. The van der Waals surface area contributed by atoms with Crippen LogP contribution in [0.3, 0.4) is 0 Å². The Bertz CT molecular complexity index is 2260. The molecule has 0 atom stereocenters. The average molecular weight is 865 g/mol. The molecule has 0 saturated heterocycles. The van der Waals surface area contributed by atoms with Gasteiger partial charge in [0.1, 0.15) is 11.5 Å². The molecule has 56 heavy (non-hydrogen) atoms. The highest BCUT2D eigenvalue weighted by molar-refractivity contribution is 9.10. The number of benzene rings is 7. The molecule has 8 rings (SSSR count). The zero-order valence-corrected chi connectivity index (χ0v) is 35.5. The van der Waals surface area contributed by atoms with E-state index in [0.717, 1.165) is 57.6 Å². The van der Waals surface area contributed by atoms with E-state index in [9.17, 15) is 0 Å². The van der Waals surface area contributed by atoms with E-state index in [2.05, 4.69) is 179 Å². The van der Waals surface area contributed by atoms with Crippen molar-refractivity contribution in [3.05, 3.63) is 142 Å². The third-order valence-corrected chi connectivity index (χ3v) is 12.1. The molecule has 0 fully saturated rings. The average Bonchev–Trinajstić information content (AvgIpc) is 3.56. The zero-order valence-electron chi connectivity index (χ0n) is 32.3. The summed E-state index contributed by atoms with van der Waals surface area (Å²) in [4.78, 5) is 0. The van der Waals surface area contributed by atoms with Crippen molar-refractivity contribution >= 4 is 42.6 Å². The van der Waals surface area contributed by atoms with Crippen molar-refractivity contribution in [2.75, 3.05) is 13.2 Å². The molecule has 0 heterocycles. The predicted molar refractivity (Wildman–Crippen MR) is 245 cm³/mol. The topological polar surface area (TPSA) is 18.5 Å². The summed E-state index contributed by atoms with van der Waals surface area (Å²) in [6.45, 7) is 5.95. The standard InChI is InChI=1S/C52H48Br2O2/c1-3-5-7-9-33-55-42-29-21-38(22-30-42)47-48(39-23-31-43(32-24-39)56-34-10-8-6-4-2)50(37-19-27-41(54)28-20-37)52-45-16-12-14-35-13-11-15-44(46(35)45)51(52)49(47)36-17-25-40(53)26-18-36/h11-32H,3-10,33-34H2,1-2H3. The van der Waals surface area contributed by atoms with E-state index in [4.69, 9.17) is 9.47 Å². The summed E-state index contributed by atoms with van der Waals surface area (Å²) in [6.07, 6.45) is 9.45. The minimum absolute atomic E-state index is 0.733. The largest absolute Gasteiger partial charge is 0.494 e. The molecule has 282 valence electrons. The molecular formula is C52H48Br2O2. The van der Waals surface area contributed by atoms with Crippen LogP contribution in [0, 0.1) is 0 Å². The Hall–Kier alpha value is -4.64. The summed E-state index contributed by atoms with van der Waals surface area (Å²) in [7, 11) is 0. The highest BCUT2D eigenvalue weighted by Crippen LogP contribution is 2.61. The van der Waals surface area contributed by atoms with Crippen LogP contribution in [0.5, 0.6) is 11.5 Å². The van der Waals surface area contributed by atoms with Gasteiger partial charge in [-0.1, -0.05) is 169 Å². The summed E-state index contributed by atoms with van der Waals surface area (Å²) >= 11 is 7.48. The molecule has 2 nitrogen and oxygen atoms in total. The Morgan fingerprint density at radius 2 is 0.732 bits per heavy atom. The van der Waals surface area contributed by atoms with Gasteiger partial charge in [-0.2, -0.15) is 0 Å². The molecule has 0 radical (unpaired) electrons. The number of unbranched alkanes of at least 4 members (excludes halogenated alkanes) is 6. The van der Waals surface area contributed by atoms with Crippen LogP contribution in [0.15, 0.2) is 142 Å². The molecule has 0 N–H and O–H groups in total.